The van der Waals surface area contributed by atoms with Crippen molar-refractivity contribution in [3.8, 4) is 6.07 Å². The third kappa shape index (κ3) is 2.06. The van der Waals surface area contributed by atoms with Crippen LogP contribution in [0.1, 0.15) is 5.56 Å². The van der Waals surface area contributed by atoms with Gasteiger partial charge in [0.2, 0.25) is 0 Å². The highest BCUT2D eigenvalue weighted by Gasteiger charge is 2.16. The second kappa shape index (κ2) is 3.46. The van der Waals surface area contributed by atoms with Crippen LogP contribution in [-0.4, -0.2) is 13.0 Å². The molecular weight excluding hydrogens is 258 g/mol. The van der Waals surface area contributed by atoms with E-state index in [2.05, 4.69) is 15.9 Å². The average molecular weight is 262 g/mol. The van der Waals surface area contributed by atoms with Crippen LogP contribution in [-0.2, 0) is 10.1 Å². The molecule has 0 heterocycles. The van der Waals surface area contributed by atoms with Crippen molar-refractivity contribution in [2.24, 2.45) is 0 Å². The second-order valence-electron chi connectivity index (χ2n) is 2.20. The van der Waals surface area contributed by atoms with Crippen LogP contribution in [0.3, 0.4) is 0 Å². The van der Waals surface area contributed by atoms with Crippen LogP contribution >= 0.6 is 15.9 Å². The lowest BCUT2D eigenvalue weighted by molar-refractivity contribution is 0.483. The van der Waals surface area contributed by atoms with Gasteiger partial charge in [0.15, 0.2) is 0 Å². The molecule has 4 nitrogen and oxygen atoms in total. The lowest BCUT2D eigenvalue weighted by Gasteiger charge is -2.00. The molecule has 0 spiro atoms. The quantitative estimate of drug-likeness (QED) is 0.779. The van der Waals surface area contributed by atoms with E-state index < -0.39 is 10.1 Å². The van der Waals surface area contributed by atoms with Crippen LogP contribution in [0.25, 0.3) is 0 Å². The predicted molar refractivity (Wildman–Crippen MR) is 48.7 cm³/mol. The molecule has 0 aliphatic heterocycles. The Kier molecular flexibility index (Phi) is 2.71. The van der Waals surface area contributed by atoms with Gasteiger partial charge in [0.1, 0.15) is 11.0 Å². The van der Waals surface area contributed by atoms with Crippen LogP contribution < -0.4 is 0 Å². The molecule has 0 aliphatic rings. The topological polar surface area (TPSA) is 78.2 Å². The zero-order valence-corrected chi connectivity index (χ0v) is 8.63. The smallest absolute Gasteiger partial charge is 0.282 e. The standard InChI is InChI=1S/C7H4BrNO3S/c8-6-2-1-3-7(5(6)4-9)13(10,11)12/h1-3H,(H,10,11,12). The number of nitriles is 1. The minimum Gasteiger partial charge on any atom is -0.282 e. The molecule has 0 radical (unpaired) electrons. The normalized spacial score (nSPS) is 10.8. The Hall–Kier alpha value is -0.900. The molecule has 0 saturated carbocycles. The molecule has 0 bridgehead atoms. The van der Waals surface area contributed by atoms with Gasteiger partial charge in [0.05, 0.1) is 5.56 Å². The van der Waals surface area contributed by atoms with Gasteiger partial charge >= 0.3 is 0 Å². The van der Waals surface area contributed by atoms with Crippen LogP contribution in [0.5, 0.6) is 0 Å². The van der Waals surface area contributed by atoms with Crippen molar-refractivity contribution in [3.05, 3.63) is 28.2 Å². The minimum absolute atomic E-state index is 0.0926. The number of hydrogen-bond donors (Lipinski definition) is 1. The molecule has 0 fully saturated rings. The molecule has 13 heavy (non-hydrogen) atoms. The Morgan fingerprint density at radius 3 is 2.46 bits per heavy atom. The van der Waals surface area contributed by atoms with Crippen LogP contribution in [0, 0.1) is 11.3 Å². The summed E-state index contributed by atoms with van der Waals surface area (Å²) in [6, 6.07) is 5.80. The number of halogens is 1. The molecule has 0 saturated heterocycles. The van der Waals surface area contributed by atoms with Gasteiger partial charge in [-0.05, 0) is 28.1 Å². The summed E-state index contributed by atoms with van der Waals surface area (Å²) in [5, 5.41) is 8.61. The minimum atomic E-state index is -4.32. The fourth-order valence-corrected chi connectivity index (χ4v) is 2.08. The predicted octanol–water partition coefficient (Wildman–Crippen LogP) is 1.57. The van der Waals surface area contributed by atoms with Crippen LogP contribution in [0.2, 0.25) is 0 Å². The van der Waals surface area contributed by atoms with Crippen molar-refractivity contribution in [2.75, 3.05) is 0 Å². The number of nitrogens with zero attached hydrogens (tertiary/aromatic N) is 1. The van der Waals surface area contributed by atoms with Gasteiger partial charge in [-0.1, -0.05) is 6.07 Å². The monoisotopic (exact) mass is 261 g/mol. The van der Waals surface area contributed by atoms with Gasteiger partial charge in [-0.2, -0.15) is 13.7 Å². The van der Waals surface area contributed by atoms with E-state index in [9.17, 15) is 8.42 Å². The Balaban J connectivity index is 3.59. The van der Waals surface area contributed by atoms with Gasteiger partial charge in [-0.3, -0.25) is 4.55 Å². The molecule has 1 aromatic rings. The van der Waals surface area contributed by atoms with Crippen molar-refractivity contribution in [3.63, 3.8) is 0 Å². The zero-order valence-electron chi connectivity index (χ0n) is 6.23. The average Bonchev–Trinajstić information content (AvgIpc) is 2.02. The largest absolute Gasteiger partial charge is 0.295 e. The fourth-order valence-electron chi connectivity index (χ4n) is 0.828. The van der Waals surface area contributed by atoms with E-state index in [1.807, 2.05) is 0 Å². The van der Waals surface area contributed by atoms with E-state index in [0.29, 0.717) is 4.47 Å². The van der Waals surface area contributed by atoms with Gasteiger partial charge in [0.25, 0.3) is 10.1 Å². The number of hydrogen-bond acceptors (Lipinski definition) is 3. The Bertz CT molecular complexity index is 475. The summed E-state index contributed by atoms with van der Waals surface area (Å²) in [5.41, 5.74) is -0.0926. The molecule has 1 aromatic carbocycles. The second-order valence-corrected chi connectivity index (χ2v) is 4.44. The van der Waals surface area contributed by atoms with E-state index >= 15 is 0 Å². The summed E-state index contributed by atoms with van der Waals surface area (Å²) in [6.45, 7) is 0. The Morgan fingerprint density at radius 2 is 2.08 bits per heavy atom. The van der Waals surface area contributed by atoms with Crippen molar-refractivity contribution < 1.29 is 13.0 Å². The first-order valence-electron chi connectivity index (χ1n) is 3.13. The number of rotatable bonds is 1. The van der Waals surface area contributed by atoms with Crippen LogP contribution in [0.15, 0.2) is 27.6 Å². The zero-order chi connectivity index (χ0) is 10.1. The number of benzene rings is 1. The van der Waals surface area contributed by atoms with Gasteiger partial charge in [-0.25, -0.2) is 0 Å². The summed E-state index contributed by atoms with van der Waals surface area (Å²) in [7, 11) is -4.32. The van der Waals surface area contributed by atoms with E-state index in [1.165, 1.54) is 18.2 Å². The van der Waals surface area contributed by atoms with E-state index in [1.54, 1.807) is 6.07 Å². The highest BCUT2D eigenvalue weighted by atomic mass is 79.9. The molecule has 0 unspecified atom stereocenters. The summed E-state index contributed by atoms with van der Waals surface area (Å²) in [6.07, 6.45) is 0. The van der Waals surface area contributed by atoms with Crippen LogP contribution in [0.4, 0.5) is 0 Å². The maximum atomic E-state index is 10.7. The van der Waals surface area contributed by atoms with Crippen molar-refractivity contribution in [1.82, 2.24) is 0 Å². The third-order valence-corrected chi connectivity index (χ3v) is 2.92. The molecule has 68 valence electrons. The molecule has 1 rings (SSSR count). The Labute approximate surface area is 83.7 Å². The van der Waals surface area contributed by atoms with E-state index in [-0.39, 0.29) is 10.5 Å². The van der Waals surface area contributed by atoms with E-state index in [0.717, 1.165) is 0 Å². The summed E-state index contributed by atoms with van der Waals surface area (Å²) in [4.78, 5) is -0.385. The van der Waals surface area contributed by atoms with Crippen molar-refractivity contribution >= 4 is 26.0 Å². The first-order valence-corrected chi connectivity index (χ1v) is 5.36. The first-order chi connectivity index (χ1) is 5.96. The lowest BCUT2D eigenvalue weighted by Crippen LogP contribution is -2.01. The van der Waals surface area contributed by atoms with E-state index in [4.69, 9.17) is 9.81 Å². The molecule has 0 aliphatic carbocycles. The molecule has 6 heteroatoms. The third-order valence-electron chi connectivity index (χ3n) is 1.37. The highest BCUT2D eigenvalue weighted by Crippen LogP contribution is 2.22. The molecule has 1 N–H and O–H groups in total. The van der Waals surface area contributed by atoms with Gasteiger partial charge < -0.3 is 0 Å². The van der Waals surface area contributed by atoms with Gasteiger partial charge in [-0.15, -0.1) is 0 Å². The highest BCUT2D eigenvalue weighted by molar-refractivity contribution is 9.10. The maximum Gasteiger partial charge on any atom is 0.295 e. The molecule has 0 aromatic heterocycles. The fraction of sp³-hybridized carbons (Fsp3) is 0. The Morgan fingerprint density at radius 1 is 1.46 bits per heavy atom. The maximum absolute atomic E-state index is 10.7. The van der Waals surface area contributed by atoms with Gasteiger partial charge in [0, 0.05) is 4.47 Å². The lowest BCUT2D eigenvalue weighted by atomic mass is 10.2. The van der Waals surface area contributed by atoms with Crippen molar-refractivity contribution in [2.45, 2.75) is 4.90 Å². The van der Waals surface area contributed by atoms with Crippen molar-refractivity contribution in [1.29, 1.82) is 5.26 Å². The molecule has 0 amide bonds. The molecule has 0 atom stereocenters. The summed E-state index contributed by atoms with van der Waals surface area (Å²) in [5.74, 6) is 0. The summed E-state index contributed by atoms with van der Waals surface area (Å²) >= 11 is 3.00. The molecular formula is C7H4BrNO3S. The SMILES string of the molecule is N#Cc1c(Br)cccc1S(=O)(=O)O. The summed E-state index contributed by atoms with van der Waals surface area (Å²) < 4.78 is 30.6. The first kappa shape index (κ1) is 10.2.